The Labute approximate surface area is 101 Å². The lowest BCUT2D eigenvalue weighted by Gasteiger charge is -2.28. The molecular formula is C13H18FNO2. The molecule has 1 aromatic carbocycles. The molecule has 2 unspecified atom stereocenters. The molecule has 1 aliphatic heterocycles. The largest absolute Gasteiger partial charge is 0.494 e. The molecule has 1 fully saturated rings. The van der Waals surface area contributed by atoms with E-state index < -0.39 is 6.04 Å². The van der Waals surface area contributed by atoms with Crippen LogP contribution >= 0.6 is 0 Å². The Morgan fingerprint density at radius 2 is 2.29 bits per heavy atom. The van der Waals surface area contributed by atoms with Crippen molar-refractivity contribution in [3.05, 3.63) is 29.6 Å². The summed E-state index contributed by atoms with van der Waals surface area (Å²) in [7, 11) is 1.45. The highest BCUT2D eigenvalue weighted by Crippen LogP contribution is 2.29. The topological polar surface area (TPSA) is 44.5 Å². The standard InChI is InChI=1S/C13H18FNO2/c1-16-10-7-4-5-9(12(10)14)13(15)11-6-2-3-8-17-11/h4-5,7,11,13H,2-3,6,8,15H2,1H3. The van der Waals surface area contributed by atoms with Gasteiger partial charge in [-0.1, -0.05) is 12.1 Å². The molecule has 0 bridgehead atoms. The first kappa shape index (κ1) is 12.3. The van der Waals surface area contributed by atoms with E-state index in [0.29, 0.717) is 12.2 Å². The van der Waals surface area contributed by atoms with Gasteiger partial charge in [-0.2, -0.15) is 0 Å². The maximum Gasteiger partial charge on any atom is 0.169 e. The highest BCUT2D eigenvalue weighted by Gasteiger charge is 2.25. The van der Waals surface area contributed by atoms with Gasteiger partial charge in [-0.05, 0) is 25.3 Å². The third-order valence-corrected chi connectivity index (χ3v) is 3.19. The van der Waals surface area contributed by atoms with Crippen LogP contribution in [0.1, 0.15) is 30.9 Å². The average Bonchev–Trinajstić information content (AvgIpc) is 2.39. The Bertz CT molecular complexity index is 378. The van der Waals surface area contributed by atoms with E-state index in [4.69, 9.17) is 15.2 Å². The lowest BCUT2D eigenvalue weighted by molar-refractivity contribution is -0.000679. The summed E-state index contributed by atoms with van der Waals surface area (Å²) in [5, 5.41) is 0. The highest BCUT2D eigenvalue weighted by molar-refractivity contribution is 5.33. The van der Waals surface area contributed by atoms with Gasteiger partial charge in [-0.3, -0.25) is 0 Å². The lowest BCUT2D eigenvalue weighted by Crippen LogP contribution is -2.32. The molecule has 0 radical (unpaired) electrons. The van der Waals surface area contributed by atoms with Gasteiger partial charge >= 0.3 is 0 Å². The fraction of sp³-hybridized carbons (Fsp3) is 0.538. The molecule has 0 spiro atoms. The number of benzene rings is 1. The number of halogens is 1. The fourth-order valence-corrected chi connectivity index (χ4v) is 2.19. The van der Waals surface area contributed by atoms with Crippen molar-refractivity contribution >= 4 is 0 Å². The predicted molar refractivity (Wildman–Crippen MR) is 63.5 cm³/mol. The Balaban J connectivity index is 2.20. The van der Waals surface area contributed by atoms with E-state index in [2.05, 4.69) is 0 Å². The Kier molecular flexibility index (Phi) is 3.97. The van der Waals surface area contributed by atoms with E-state index in [0.717, 1.165) is 19.3 Å². The normalized spacial score (nSPS) is 22.2. The first-order valence-corrected chi connectivity index (χ1v) is 5.93. The number of rotatable bonds is 3. The Morgan fingerprint density at radius 3 is 2.94 bits per heavy atom. The van der Waals surface area contributed by atoms with Crippen LogP contribution in [0, 0.1) is 5.82 Å². The van der Waals surface area contributed by atoms with Crippen molar-refractivity contribution in [3.63, 3.8) is 0 Å². The summed E-state index contributed by atoms with van der Waals surface area (Å²) in [5.41, 5.74) is 6.54. The zero-order chi connectivity index (χ0) is 12.3. The van der Waals surface area contributed by atoms with Crippen LogP contribution in [0.2, 0.25) is 0 Å². The van der Waals surface area contributed by atoms with Crippen molar-refractivity contribution in [1.29, 1.82) is 0 Å². The summed E-state index contributed by atoms with van der Waals surface area (Å²) in [6, 6.07) is 4.61. The molecule has 1 aliphatic rings. The SMILES string of the molecule is COc1cccc(C(N)C2CCCCO2)c1F. The Morgan fingerprint density at radius 1 is 1.47 bits per heavy atom. The van der Waals surface area contributed by atoms with Gasteiger partial charge in [-0.15, -0.1) is 0 Å². The van der Waals surface area contributed by atoms with E-state index in [9.17, 15) is 4.39 Å². The van der Waals surface area contributed by atoms with Crippen LogP contribution in [0.15, 0.2) is 18.2 Å². The number of nitrogens with two attached hydrogens (primary N) is 1. The van der Waals surface area contributed by atoms with Gasteiger partial charge in [0.2, 0.25) is 0 Å². The second kappa shape index (κ2) is 5.47. The van der Waals surface area contributed by atoms with Crippen LogP contribution < -0.4 is 10.5 Å². The third-order valence-electron chi connectivity index (χ3n) is 3.19. The Hall–Kier alpha value is -1.13. The van der Waals surface area contributed by atoms with Gasteiger partial charge in [0.15, 0.2) is 11.6 Å². The van der Waals surface area contributed by atoms with Crippen molar-refractivity contribution in [2.24, 2.45) is 5.73 Å². The first-order chi connectivity index (χ1) is 8.24. The summed E-state index contributed by atoms with van der Waals surface area (Å²) in [6.45, 7) is 0.712. The van der Waals surface area contributed by atoms with Crippen LogP contribution in [0.25, 0.3) is 0 Å². The zero-order valence-corrected chi connectivity index (χ0v) is 9.99. The molecule has 2 atom stereocenters. The van der Waals surface area contributed by atoms with Crippen molar-refractivity contribution in [1.82, 2.24) is 0 Å². The quantitative estimate of drug-likeness (QED) is 0.881. The van der Waals surface area contributed by atoms with Gasteiger partial charge in [-0.25, -0.2) is 4.39 Å². The van der Waals surface area contributed by atoms with Gasteiger partial charge in [0.1, 0.15) is 0 Å². The minimum atomic E-state index is -0.426. The molecule has 1 aromatic rings. The number of hydrogen-bond acceptors (Lipinski definition) is 3. The second-order valence-corrected chi connectivity index (χ2v) is 4.29. The van der Waals surface area contributed by atoms with Crippen LogP contribution in [-0.4, -0.2) is 19.8 Å². The van der Waals surface area contributed by atoms with Crippen molar-refractivity contribution < 1.29 is 13.9 Å². The van der Waals surface area contributed by atoms with Gasteiger partial charge in [0.25, 0.3) is 0 Å². The zero-order valence-electron chi connectivity index (χ0n) is 9.99. The van der Waals surface area contributed by atoms with Crippen LogP contribution in [0.5, 0.6) is 5.75 Å². The fourth-order valence-electron chi connectivity index (χ4n) is 2.19. The molecule has 17 heavy (non-hydrogen) atoms. The third kappa shape index (κ3) is 2.58. The van der Waals surface area contributed by atoms with Crippen molar-refractivity contribution in [3.8, 4) is 5.75 Å². The summed E-state index contributed by atoms with van der Waals surface area (Å²) >= 11 is 0. The van der Waals surface area contributed by atoms with E-state index >= 15 is 0 Å². The molecule has 4 heteroatoms. The predicted octanol–water partition coefficient (Wildman–Crippen LogP) is 2.40. The number of methoxy groups -OCH3 is 1. The molecule has 1 heterocycles. The smallest absolute Gasteiger partial charge is 0.169 e. The molecular weight excluding hydrogens is 221 g/mol. The van der Waals surface area contributed by atoms with Crippen LogP contribution in [0.3, 0.4) is 0 Å². The van der Waals surface area contributed by atoms with Crippen LogP contribution in [-0.2, 0) is 4.74 Å². The molecule has 2 rings (SSSR count). The monoisotopic (exact) mass is 239 g/mol. The van der Waals surface area contributed by atoms with Crippen molar-refractivity contribution in [2.45, 2.75) is 31.4 Å². The summed E-state index contributed by atoms with van der Waals surface area (Å²) < 4.78 is 24.6. The van der Waals surface area contributed by atoms with E-state index in [1.807, 2.05) is 0 Å². The molecule has 0 aliphatic carbocycles. The molecule has 94 valence electrons. The minimum Gasteiger partial charge on any atom is -0.494 e. The molecule has 2 N–H and O–H groups in total. The number of hydrogen-bond donors (Lipinski definition) is 1. The minimum absolute atomic E-state index is 0.0923. The maximum atomic E-state index is 14.0. The molecule has 3 nitrogen and oxygen atoms in total. The summed E-state index contributed by atoms with van der Waals surface area (Å²) in [4.78, 5) is 0. The van der Waals surface area contributed by atoms with E-state index in [1.54, 1.807) is 18.2 Å². The molecule has 0 aromatic heterocycles. The van der Waals surface area contributed by atoms with Gasteiger partial charge in [0.05, 0.1) is 19.3 Å². The first-order valence-electron chi connectivity index (χ1n) is 5.93. The maximum absolute atomic E-state index is 14.0. The second-order valence-electron chi connectivity index (χ2n) is 4.29. The van der Waals surface area contributed by atoms with E-state index in [1.165, 1.54) is 7.11 Å². The molecule has 0 amide bonds. The highest BCUT2D eigenvalue weighted by atomic mass is 19.1. The summed E-state index contributed by atoms with van der Waals surface area (Å²) in [6.07, 6.45) is 2.94. The summed E-state index contributed by atoms with van der Waals surface area (Å²) in [5.74, 6) is -0.148. The average molecular weight is 239 g/mol. The van der Waals surface area contributed by atoms with Crippen LogP contribution in [0.4, 0.5) is 4.39 Å². The molecule has 1 saturated heterocycles. The lowest BCUT2D eigenvalue weighted by atomic mass is 9.96. The van der Waals surface area contributed by atoms with Gasteiger partial charge in [0, 0.05) is 12.2 Å². The molecule has 0 saturated carbocycles. The number of ether oxygens (including phenoxy) is 2. The van der Waals surface area contributed by atoms with Crippen molar-refractivity contribution in [2.75, 3.05) is 13.7 Å². The van der Waals surface area contributed by atoms with Gasteiger partial charge < -0.3 is 15.2 Å². The van der Waals surface area contributed by atoms with E-state index in [-0.39, 0.29) is 17.7 Å².